The Morgan fingerprint density at radius 3 is 2.48 bits per heavy atom. The molecule has 0 aliphatic carbocycles. The van der Waals surface area contributed by atoms with Gasteiger partial charge in [0.2, 0.25) is 0 Å². The lowest BCUT2D eigenvalue weighted by molar-refractivity contribution is -0.136. The van der Waals surface area contributed by atoms with E-state index in [-0.39, 0.29) is 16.8 Å². The van der Waals surface area contributed by atoms with Crippen molar-refractivity contribution in [3.63, 3.8) is 0 Å². The van der Waals surface area contributed by atoms with E-state index in [1.165, 1.54) is 6.26 Å². The topological polar surface area (TPSA) is 56.5 Å². The Kier molecular flexibility index (Phi) is 4.45. The number of hydrogen-bond acceptors (Lipinski definition) is 4. The zero-order valence-corrected chi connectivity index (χ0v) is 14.5. The highest BCUT2D eigenvalue weighted by atomic mass is 16.5. The van der Waals surface area contributed by atoms with E-state index in [1.54, 1.807) is 18.2 Å². The summed E-state index contributed by atoms with van der Waals surface area (Å²) >= 11 is 0. The molecule has 3 aromatic rings. The van der Waals surface area contributed by atoms with Crippen LogP contribution in [-0.2, 0) is 4.79 Å². The molecule has 4 heteroatoms. The van der Waals surface area contributed by atoms with Crippen LogP contribution in [0.15, 0.2) is 64.0 Å². The normalized spacial score (nSPS) is 11.5. The minimum Gasteiger partial charge on any atom is -0.463 e. The third kappa shape index (κ3) is 3.97. The molecule has 3 rings (SSSR count). The summed E-state index contributed by atoms with van der Waals surface area (Å²) in [6.45, 7) is 5.91. The Morgan fingerprint density at radius 1 is 1.08 bits per heavy atom. The maximum atomic E-state index is 12.7. The molecule has 1 aromatic heterocycles. The second-order valence-electron chi connectivity index (χ2n) is 7.21. The minimum absolute atomic E-state index is 0.111. The summed E-state index contributed by atoms with van der Waals surface area (Å²) in [4.78, 5) is 24.6. The lowest BCUT2D eigenvalue weighted by Gasteiger charge is -2.16. The third-order valence-corrected chi connectivity index (χ3v) is 3.74. The van der Waals surface area contributed by atoms with Crippen molar-refractivity contribution in [2.24, 2.45) is 5.41 Å². The van der Waals surface area contributed by atoms with Crippen LogP contribution in [0.1, 0.15) is 27.2 Å². The van der Waals surface area contributed by atoms with E-state index in [1.807, 2.05) is 51.1 Å². The molecule has 2 aromatic carbocycles. The van der Waals surface area contributed by atoms with Gasteiger partial charge in [-0.3, -0.25) is 9.59 Å². The van der Waals surface area contributed by atoms with E-state index >= 15 is 0 Å². The summed E-state index contributed by atoms with van der Waals surface area (Å²) in [7, 11) is 0. The van der Waals surface area contributed by atoms with Crippen molar-refractivity contribution in [2.75, 3.05) is 0 Å². The smallest absolute Gasteiger partial charge is 0.311 e. The second-order valence-corrected chi connectivity index (χ2v) is 7.21. The Hall–Kier alpha value is -2.88. The van der Waals surface area contributed by atoms with Gasteiger partial charge in [-0.15, -0.1) is 0 Å². The summed E-state index contributed by atoms with van der Waals surface area (Å²) in [5, 5.41) is 0.456. The predicted molar refractivity (Wildman–Crippen MR) is 97.6 cm³/mol. The molecule has 0 atom stereocenters. The summed E-state index contributed by atoms with van der Waals surface area (Å²) in [5.74, 6) is 0.0625. The van der Waals surface area contributed by atoms with Crippen molar-refractivity contribution in [3.05, 3.63) is 65.0 Å². The van der Waals surface area contributed by atoms with Gasteiger partial charge in [0.1, 0.15) is 17.6 Å². The SMILES string of the molecule is CC(C)(C)CC(=O)Oc1ccc2c(=O)c(-c3ccccc3)coc2c1. The first kappa shape index (κ1) is 17.0. The van der Waals surface area contributed by atoms with Gasteiger partial charge in [0, 0.05) is 6.07 Å². The Labute approximate surface area is 146 Å². The van der Waals surface area contributed by atoms with Crippen LogP contribution in [0, 0.1) is 5.41 Å². The van der Waals surface area contributed by atoms with Gasteiger partial charge in [0.15, 0.2) is 5.43 Å². The zero-order valence-electron chi connectivity index (χ0n) is 14.5. The number of benzene rings is 2. The molecule has 0 radical (unpaired) electrons. The lowest BCUT2D eigenvalue weighted by atomic mass is 9.92. The van der Waals surface area contributed by atoms with Crippen molar-refractivity contribution in [1.29, 1.82) is 0 Å². The molecule has 0 bridgehead atoms. The molecule has 0 saturated carbocycles. The fourth-order valence-electron chi connectivity index (χ4n) is 2.59. The van der Waals surface area contributed by atoms with Gasteiger partial charge in [0.05, 0.1) is 17.4 Å². The molecule has 0 aliphatic heterocycles. The highest BCUT2D eigenvalue weighted by Crippen LogP contribution is 2.25. The molecule has 0 fully saturated rings. The maximum absolute atomic E-state index is 12.7. The summed E-state index contributed by atoms with van der Waals surface area (Å²) in [6.07, 6.45) is 1.75. The maximum Gasteiger partial charge on any atom is 0.311 e. The van der Waals surface area contributed by atoms with Gasteiger partial charge in [-0.2, -0.15) is 0 Å². The number of ether oxygens (including phenoxy) is 1. The van der Waals surface area contributed by atoms with Crippen LogP contribution in [0.25, 0.3) is 22.1 Å². The van der Waals surface area contributed by atoms with E-state index in [0.29, 0.717) is 28.7 Å². The first-order valence-corrected chi connectivity index (χ1v) is 8.15. The van der Waals surface area contributed by atoms with Gasteiger partial charge >= 0.3 is 5.97 Å². The molecule has 25 heavy (non-hydrogen) atoms. The van der Waals surface area contributed by atoms with Crippen molar-refractivity contribution in [3.8, 4) is 16.9 Å². The Morgan fingerprint density at radius 2 is 1.80 bits per heavy atom. The monoisotopic (exact) mass is 336 g/mol. The highest BCUT2D eigenvalue weighted by molar-refractivity contribution is 5.83. The van der Waals surface area contributed by atoms with Crippen LogP contribution in [-0.4, -0.2) is 5.97 Å². The number of rotatable bonds is 3. The fraction of sp³-hybridized carbons (Fsp3) is 0.238. The van der Waals surface area contributed by atoms with E-state index in [4.69, 9.17) is 9.15 Å². The molecule has 0 spiro atoms. The molecule has 0 aliphatic rings. The molecular weight excluding hydrogens is 316 g/mol. The molecule has 0 N–H and O–H groups in total. The zero-order chi connectivity index (χ0) is 18.0. The molecule has 1 heterocycles. The first-order valence-electron chi connectivity index (χ1n) is 8.15. The van der Waals surface area contributed by atoms with E-state index in [9.17, 15) is 9.59 Å². The van der Waals surface area contributed by atoms with E-state index in [2.05, 4.69) is 0 Å². The predicted octanol–water partition coefficient (Wildman–Crippen LogP) is 4.80. The molecular formula is C21H20O4. The van der Waals surface area contributed by atoms with Crippen molar-refractivity contribution in [2.45, 2.75) is 27.2 Å². The average molecular weight is 336 g/mol. The third-order valence-electron chi connectivity index (χ3n) is 3.74. The van der Waals surface area contributed by atoms with Crippen LogP contribution in [0.2, 0.25) is 0 Å². The lowest BCUT2D eigenvalue weighted by Crippen LogP contribution is -2.17. The molecule has 4 nitrogen and oxygen atoms in total. The standard InChI is InChI=1S/C21H20O4/c1-21(2,3)12-19(22)25-15-9-10-16-18(11-15)24-13-17(20(16)23)14-7-5-4-6-8-14/h4-11,13H,12H2,1-3H3. The van der Waals surface area contributed by atoms with Crippen LogP contribution in [0.5, 0.6) is 5.75 Å². The summed E-state index contributed by atoms with van der Waals surface area (Å²) in [6, 6.07) is 14.2. The number of esters is 1. The number of hydrogen-bond donors (Lipinski definition) is 0. The minimum atomic E-state index is -0.310. The quantitative estimate of drug-likeness (QED) is 0.509. The number of carbonyl (C=O) groups excluding carboxylic acids is 1. The van der Waals surface area contributed by atoms with E-state index in [0.717, 1.165) is 5.56 Å². The highest BCUT2D eigenvalue weighted by Gasteiger charge is 2.18. The largest absolute Gasteiger partial charge is 0.463 e. The molecule has 128 valence electrons. The van der Waals surface area contributed by atoms with Crippen LogP contribution >= 0.6 is 0 Å². The number of carbonyl (C=O) groups is 1. The van der Waals surface area contributed by atoms with Gasteiger partial charge in [-0.05, 0) is 23.1 Å². The van der Waals surface area contributed by atoms with Gasteiger partial charge in [-0.25, -0.2) is 0 Å². The Bertz CT molecular complexity index is 963. The molecule has 0 unspecified atom stereocenters. The molecule has 0 amide bonds. The van der Waals surface area contributed by atoms with Crippen molar-refractivity contribution >= 4 is 16.9 Å². The number of fused-ring (bicyclic) bond motifs is 1. The van der Waals surface area contributed by atoms with Crippen molar-refractivity contribution in [1.82, 2.24) is 0 Å². The van der Waals surface area contributed by atoms with Crippen LogP contribution in [0.3, 0.4) is 0 Å². The van der Waals surface area contributed by atoms with Crippen LogP contribution < -0.4 is 10.2 Å². The average Bonchev–Trinajstić information content (AvgIpc) is 2.54. The fourth-order valence-corrected chi connectivity index (χ4v) is 2.59. The summed E-state index contributed by atoms with van der Waals surface area (Å²) in [5.41, 5.74) is 1.45. The van der Waals surface area contributed by atoms with Gasteiger partial charge < -0.3 is 9.15 Å². The summed E-state index contributed by atoms with van der Waals surface area (Å²) < 4.78 is 11.0. The first-order chi connectivity index (χ1) is 11.8. The van der Waals surface area contributed by atoms with Crippen molar-refractivity contribution < 1.29 is 13.9 Å². The molecule has 0 saturated heterocycles. The van der Waals surface area contributed by atoms with Gasteiger partial charge in [0.25, 0.3) is 0 Å². The van der Waals surface area contributed by atoms with Gasteiger partial charge in [-0.1, -0.05) is 51.1 Å². The van der Waals surface area contributed by atoms with Crippen LogP contribution in [0.4, 0.5) is 0 Å². The van der Waals surface area contributed by atoms with E-state index < -0.39 is 0 Å². The Balaban J connectivity index is 1.93. The second kappa shape index (κ2) is 6.55.